The lowest BCUT2D eigenvalue weighted by Gasteiger charge is -2.09. The highest BCUT2D eigenvalue weighted by atomic mass is 14.1. The van der Waals surface area contributed by atoms with E-state index in [2.05, 4.69) is 54.7 Å². The maximum atomic E-state index is 3.77. The molecule has 0 aromatic carbocycles. The van der Waals surface area contributed by atoms with Gasteiger partial charge in [-0.05, 0) is 39.5 Å². The first kappa shape index (κ1) is 27.5. The number of hydrogen-bond acceptors (Lipinski definition) is 0. The zero-order valence-corrected chi connectivity index (χ0v) is 16.0. The van der Waals surface area contributed by atoms with Crippen molar-refractivity contribution >= 4 is 0 Å². The van der Waals surface area contributed by atoms with Crippen molar-refractivity contribution in [1.82, 2.24) is 0 Å². The SMILES string of the molecule is C=C/C(C)=C(\C)CCC(C)CC.C=CC.CC.CCC. The maximum Gasteiger partial charge on any atom is -0.0315 e. The molecule has 122 valence electrons. The molecule has 0 nitrogen and oxygen atoms in total. The van der Waals surface area contributed by atoms with Crippen LogP contribution in [0.4, 0.5) is 0 Å². The Kier molecular flexibility index (Phi) is 36.8. The van der Waals surface area contributed by atoms with Crippen LogP contribution in [0, 0.1) is 5.92 Å². The normalized spacial score (nSPS) is 11.1. The van der Waals surface area contributed by atoms with Crippen molar-refractivity contribution in [3.05, 3.63) is 36.5 Å². The molecule has 1 unspecified atom stereocenters. The van der Waals surface area contributed by atoms with E-state index in [1.165, 1.54) is 36.8 Å². The van der Waals surface area contributed by atoms with Crippen LogP contribution >= 0.6 is 0 Å². The summed E-state index contributed by atoms with van der Waals surface area (Å²) in [5.41, 5.74) is 2.84. The van der Waals surface area contributed by atoms with Gasteiger partial charge in [-0.1, -0.05) is 84.3 Å². The van der Waals surface area contributed by atoms with Crippen LogP contribution in [-0.2, 0) is 0 Å². The van der Waals surface area contributed by atoms with Crippen LogP contribution in [-0.4, -0.2) is 0 Å². The molecule has 0 fully saturated rings. The quantitative estimate of drug-likeness (QED) is 0.354. The Morgan fingerprint density at radius 2 is 1.40 bits per heavy atom. The molecule has 0 amide bonds. The minimum absolute atomic E-state index is 0.859. The smallest absolute Gasteiger partial charge is 0.0315 e. The second kappa shape index (κ2) is 26.7. The summed E-state index contributed by atoms with van der Waals surface area (Å²) < 4.78 is 0. The Hall–Kier alpha value is -0.780. The summed E-state index contributed by atoms with van der Waals surface area (Å²) in [5.74, 6) is 0.859. The summed E-state index contributed by atoms with van der Waals surface area (Å²) in [5, 5.41) is 0. The van der Waals surface area contributed by atoms with E-state index in [9.17, 15) is 0 Å². The van der Waals surface area contributed by atoms with E-state index in [0.29, 0.717) is 0 Å². The first-order valence-electron chi connectivity index (χ1n) is 8.30. The summed E-state index contributed by atoms with van der Waals surface area (Å²) in [4.78, 5) is 0. The Morgan fingerprint density at radius 3 is 1.65 bits per heavy atom. The fraction of sp³-hybridized carbons (Fsp3) is 0.700. The van der Waals surface area contributed by atoms with Gasteiger partial charge in [-0.15, -0.1) is 6.58 Å². The van der Waals surface area contributed by atoms with Crippen molar-refractivity contribution < 1.29 is 0 Å². The number of allylic oxidation sites excluding steroid dienone is 4. The van der Waals surface area contributed by atoms with E-state index >= 15 is 0 Å². The van der Waals surface area contributed by atoms with Crippen LogP contribution in [0.3, 0.4) is 0 Å². The van der Waals surface area contributed by atoms with Gasteiger partial charge in [0, 0.05) is 0 Å². The van der Waals surface area contributed by atoms with Crippen LogP contribution in [0.5, 0.6) is 0 Å². The second-order valence-corrected chi connectivity index (χ2v) is 4.83. The molecule has 0 aromatic heterocycles. The first-order valence-corrected chi connectivity index (χ1v) is 8.30. The molecular weight excluding hydrogens is 240 g/mol. The number of hydrogen-bond donors (Lipinski definition) is 0. The fourth-order valence-corrected chi connectivity index (χ4v) is 1.04. The van der Waals surface area contributed by atoms with Gasteiger partial charge in [0.1, 0.15) is 0 Å². The van der Waals surface area contributed by atoms with Crippen LogP contribution < -0.4 is 0 Å². The molecule has 0 rings (SSSR count). The van der Waals surface area contributed by atoms with Gasteiger partial charge in [0.25, 0.3) is 0 Å². The van der Waals surface area contributed by atoms with Crippen LogP contribution in [0.25, 0.3) is 0 Å². The maximum absolute atomic E-state index is 3.77. The zero-order valence-electron chi connectivity index (χ0n) is 16.0. The van der Waals surface area contributed by atoms with E-state index in [-0.39, 0.29) is 0 Å². The van der Waals surface area contributed by atoms with Crippen LogP contribution in [0.1, 0.15) is 88.0 Å². The molecule has 0 aliphatic heterocycles. The molecule has 0 bridgehead atoms. The van der Waals surface area contributed by atoms with Gasteiger partial charge in [0.05, 0.1) is 0 Å². The van der Waals surface area contributed by atoms with Gasteiger partial charge in [0.2, 0.25) is 0 Å². The molecule has 0 saturated heterocycles. The molecule has 20 heavy (non-hydrogen) atoms. The molecule has 0 spiro atoms. The van der Waals surface area contributed by atoms with Crippen molar-refractivity contribution in [3.63, 3.8) is 0 Å². The highest BCUT2D eigenvalue weighted by molar-refractivity contribution is 5.20. The van der Waals surface area contributed by atoms with Crippen molar-refractivity contribution in [2.45, 2.75) is 88.0 Å². The third-order valence-corrected chi connectivity index (χ3v) is 2.69. The lowest BCUT2D eigenvalue weighted by molar-refractivity contribution is 0.514. The summed E-state index contributed by atoms with van der Waals surface area (Å²) in [7, 11) is 0. The standard InChI is InChI=1S/C12H22.C3H8.C3H6.C2H6/c1-6-10(3)8-9-12(5)11(4)7-2;2*1-3-2;1-2/h7,10H,2,6,8-9H2,1,3-5H3;3H2,1-2H3;3H,1H2,2H3;1-2H3/b12-11+;;;. The molecule has 0 aliphatic carbocycles. The molecule has 1 atom stereocenters. The van der Waals surface area contributed by atoms with Gasteiger partial charge in [0.15, 0.2) is 0 Å². The third kappa shape index (κ3) is 30.3. The fourth-order valence-electron chi connectivity index (χ4n) is 1.04. The van der Waals surface area contributed by atoms with Crippen molar-refractivity contribution in [1.29, 1.82) is 0 Å². The van der Waals surface area contributed by atoms with Crippen molar-refractivity contribution in [2.24, 2.45) is 5.92 Å². The molecule has 0 aromatic rings. The van der Waals surface area contributed by atoms with Crippen LogP contribution in [0.15, 0.2) is 36.5 Å². The second-order valence-electron chi connectivity index (χ2n) is 4.83. The lowest BCUT2D eigenvalue weighted by atomic mass is 9.97. The Bertz CT molecular complexity index is 208. The Morgan fingerprint density at radius 1 is 1.05 bits per heavy atom. The van der Waals surface area contributed by atoms with Gasteiger partial charge < -0.3 is 0 Å². The monoisotopic (exact) mass is 282 g/mol. The largest absolute Gasteiger partial charge is 0.103 e. The van der Waals surface area contributed by atoms with Gasteiger partial charge in [-0.3, -0.25) is 0 Å². The van der Waals surface area contributed by atoms with Crippen molar-refractivity contribution in [3.8, 4) is 0 Å². The van der Waals surface area contributed by atoms with Gasteiger partial charge in [-0.25, -0.2) is 0 Å². The van der Waals surface area contributed by atoms with Gasteiger partial charge >= 0.3 is 0 Å². The average molecular weight is 283 g/mol. The van der Waals surface area contributed by atoms with Crippen LogP contribution in [0.2, 0.25) is 0 Å². The predicted octanol–water partition coefficient (Wildman–Crippen LogP) is 7.97. The minimum atomic E-state index is 0.859. The molecule has 0 heterocycles. The molecule has 0 saturated carbocycles. The van der Waals surface area contributed by atoms with E-state index in [0.717, 1.165) is 5.92 Å². The van der Waals surface area contributed by atoms with E-state index < -0.39 is 0 Å². The lowest BCUT2D eigenvalue weighted by Crippen LogP contribution is -1.93. The summed E-state index contributed by atoms with van der Waals surface area (Å²) >= 11 is 0. The van der Waals surface area contributed by atoms with E-state index in [1.54, 1.807) is 6.08 Å². The Labute approximate surface area is 131 Å². The molecule has 0 radical (unpaired) electrons. The van der Waals surface area contributed by atoms with E-state index in [1.807, 2.05) is 26.8 Å². The molecule has 0 heteroatoms. The summed E-state index contributed by atoms with van der Waals surface area (Å²) in [6, 6.07) is 0. The summed E-state index contributed by atoms with van der Waals surface area (Å²) in [6.45, 7) is 26.2. The average Bonchev–Trinajstić information content (AvgIpc) is 2.47. The zero-order chi connectivity index (χ0) is 17.0. The Balaban J connectivity index is -0.000000133. The number of rotatable bonds is 5. The first-order chi connectivity index (χ1) is 9.44. The highest BCUT2D eigenvalue weighted by Crippen LogP contribution is 2.16. The highest BCUT2D eigenvalue weighted by Gasteiger charge is 1.99. The summed E-state index contributed by atoms with van der Waals surface area (Å²) in [6.07, 6.45) is 8.78. The third-order valence-electron chi connectivity index (χ3n) is 2.69. The minimum Gasteiger partial charge on any atom is -0.103 e. The van der Waals surface area contributed by atoms with Crippen molar-refractivity contribution in [2.75, 3.05) is 0 Å². The van der Waals surface area contributed by atoms with E-state index in [4.69, 9.17) is 0 Å². The molecule has 0 aliphatic rings. The predicted molar refractivity (Wildman–Crippen MR) is 100 cm³/mol. The molecule has 0 N–H and O–H groups in total. The van der Waals surface area contributed by atoms with Gasteiger partial charge in [-0.2, -0.15) is 0 Å². The molecular formula is C20H42. The topological polar surface area (TPSA) is 0 Å².